The molecular formula is C32H31N5O2. The van der Waals surface area contributed by atoms with Gasteiger partial charge in [0.2, 0.25) is 0 Å². The molecule has 0 aliphatic heterocycles. The smallest absolute Gasteiger partial charge is 0.267 e. The first-order valence-electron chi connectivity index (χ1n) is 13.4. The van der Waals surface area contributed by atoms with Gasteiger partial charge in [-0.1, -0.05) is 86.0 Å². The Bertz CT molecular complexity index is 1520. The van der Waals surface area contributed by atoms with E-state index < -0.39 is 5.91 Å². The first kappa shape index (κ1) is 25.9. The van der Waals surface area contributed by atoms with E-state index in [1.54, 1.807) is 18.3 Å². The van der Waals surface area contributed by atoms with Crippen LogP contribution in [0, 0.1) is 11.3 Å². The summed E-state index contributed by atoms with van der Waals surface area (Å²) >= 11 is 0. The molecule has 1 N–H and O–H groups in total. The van der Waals surface area contributed by atoms with E-state index in [1.807, 2.05) is 77.7 Å². The number of fused-ring (bicyclic) bond motifs is 1. The third kappa shape index (κ3) is 6.24. The maximum absolute atomic E-state index is 13.8. The van der Waals surface area contributed by atoms with Gasteiger partial charge in [-0.15, -0.1) is 0 Å². The van der Waals surface area contributed by atoms with Crippen molar-refractivity contribution in [1.29, 1.82) is 5.26 Å². The van der Waals surface area contributed by atoms with Crippen molar-refractivity contribution in [2.24, 2.45) is 0 Å². The predicted molar refractivity (Wildman–Crippen MR) is 153 cm³/mol. The minimum atomic E-state index is -0.453. The lowest BCUT2D eigenvalue weighted by Crippen LogP contribution is -2.37. The molecule has 5 rings (SSSR count). The number of carbonyl (C=O) groups excluding carboxylic acids is 1. The number of nitrogens with one attached hydrogen (secondary N) is 1. The Kier molecular flexibility index (Phi) is 8.13. The second-order valence-electron chi connectivity index (χ2n) is 9.89. The number of anilines is 1. The first-order valence-corrected chi connectivity index (χ1v) is 13.4. The van der Waals surface area contributed by atoms with E-state index >= 15 is 0 Å². The highest BCUT2D eigenvalue weighted by Crippen LogP contribution is 2.24. The van der Waals surface area contributed by atoms with Crippen LogP contribution in [0.4, 0.5) is 5.82 Å². The number of hydrogen-bond donors (Lipinski definition) is 1. The maximum atomic E-state index is 13.8. The number of carbonyl (C=O) groups is 1. The fraction of sp³-hybridized carbons (Fsp3) is 0.250. The van der Waals surface area contributed by atoms with E-state index in [-0.39, 0.29) is 22.7 Å². The SMILES string of the molecule is N#C/C(=C\c1c(N(Cc2ccccc2)Cc2ccccc2)nc2ccccn2c1=O)C(=O)NC1CCCCC1. The van der Waals surface area contributed by atoms with Crippen LogP contribution in [0.2, 0.25) is 0 Å². The molecule has 1 saturated carbocycles. The van der Waals surface area contributed by atoms with Crippen LogP contribution < -0.4 is 15.8 Å². The van der Waals surface area contributed by atoms with Gasteiger partial charge in [0, 0.05) is 25.3 Å². The highest BCUT2D eigenvalue weighted by molar-refractivity contribution is 6.02. The average Bonchev–Trinajstić information content (AvgIpc) is 2.98. The second-order valence-corrected chi connectivity index (χ2v) is 9.89. The Morgan fingerprint density at radius 3 is 2.18 bits per heavy atom. The maximum Gasteiger partial charge on any atom is 0.267 e. The number of pyridine rings is 1. The number of rotatable bonds is 8. The van der Waals surface area contributed by atoms with Crippen molar-refractivity contribution >= 4 is 23.4 Å². The minimum absolute atomic E-state index is 0.0472. The van der Waals surface area contributed by atoms with Crippen LogP contribution in [-0.4, -0.2) is 21.3 Å². The van der Waals surface area contributed by atoms with Gasteiger partial charge < -0.3 is 10.2 Å². The van der Waals surface area contributed by atoms with E-state index in [1.165, 1.54) is 10.5 Å². The summed E-state index contributed by atoms with van der Waals surface area (Å²) in [7, 11) is 0. The molecule has 0 bridgehead atoms. The Morgan fingerprint density at radius 1 is 0.949 bits per heavy atom. The van der Waals surface area contributed by atoms with Crippen molar-refractivity contribution in [3.63, 3.8) is 0 Å². The Hall–Kier alpha value is -4.70. The number of benzene rings is 2. The zero-order valence-electron chi connectivity index (χ0n) is 21.8. The molecule has 1 fully saturated rings. The molecule has 0 unspecified atom stereocenters. The van der Waals surface area contributed by atoms with Gasteiger partial charge in [0.25, 0.3) is 11.5 Å². The monoisotopic (exact) mass is 517 g/mol. The summed E-state index contributed by atoms with van der Waals surface area (Å²) in [6.45, 7) is 0.977. The van der Waals surface area contributed by atoms with E-state index in [0.717, 1.165) is 43.2 Å². The highest BCUT2D eigenvalue weighted by atomic mass is 16.2. The minimum Gasteiger partial charge on any atom is -0.349 e. The predicted octanol–water partition coefficient (Wildman–Crippen LogP) is 5.26. The molecule has 4 aromatic rings. The lowest BCUT2D eigenvalue weighted by molar-refractivity contribution is -0.117. The van der Waals surface area contributed by atoms with Crippen LogP contribution >= 0.6 is 0 Å². The van der Waals surface area contributed by atoms with Gasteiger partial charge in [-0.25, -0.2) is 4.98 Å². The van der Waals surface area contributed by atoms with Crippen LogP contribution in [0.5, 0.6) is 0 Å². The molecular weight excluding hydrogens is 486 g/mol. The Labute approximate surface area is 228 Å². The van der Waals surface area contributed by atoms with Crippen molar-refractivity contribution < 1.29 is 4.79 Å². The van der Waals surface area contributed by atoms with Crippen LogP contribution in [0.1, 0.15) is 48.8 Å². The Morgan fingerprint density at radius 2 is 1.56 bits per heavy atom. The number of aromatic nitrogens is 2. The number of nitriles is 1. The lowest BCUT2D eigenvalue weighted by atomic mass is 9.95. The molecule has 1 aliphatic rings. The number of nitrogens with zero attached hydrogens (tertiary/aromatic N) is 4. The zero-order valence-corrected chi connectivity index (χ0v) is 21.8. The fourth-order valence-corrected chi connectivity index (χ4v) is 5.07. The van der Waals surface area contributed by atoms with Gasteiger partial charge in [-0.2, -0.15) is 5.26 Å². The van der Waals surface area contributed by atoms with Gasteiger partial charge in [0.1, 0.15) is 23.1 Å². The van der Waals surface area contributed by atoms with Crippen LogP contribution in [-0.2, 0) is 17.9 Å². The summed E-state index contributed by atoms with van der Waals surface area (Å²) in [5.74, 6) is -0.0253. The molecule has 0 saturated heterocycles. The summed E-state index contributed by atoms with van der Waals surface area (Å²) in [6.07, 6.45) is 8.14. The van der Waals surface area contributed by atoms with Crippen molar-refractivity contribution in [2.75, 3.05) is 4.90 Å². The van der Waals surface area contributed by atoms with Crippen molar-refractivity contribution in [3.8, 4) is 6.07 Å². The fourth-order valence-electron chi connectivity index (χ4n) is 5.07. The summed E-state index contributed by atoms with van der Waals surface area (Å²) in [5, 5.41) is 13.0. The van der Waals surface area contributed by atoms with Gasteiger partial charge in [-0.05, 0) is 42.2 Å². The van der Waals surface area contributed by atoms with Crippen molar-refractivity contribution in [2.45, 2.75) is 51.2 Å². The van der Waals surface area contributed by atoms with Gasteiger partial charge in [-0.3, -0.25) is 14.0 Å². The number of amides is 1. The van der Waals surface area contributed by atoms with E-state index in [2.05, 4.69) is 5.32 Å². The topological polar surface area (TPSA) is 90.5 Å². The molecule has 2 aromatic heterocycles. The molecule has 2 aromatic carbocycles. The quantitative estimate of drug-likeness (QED) is 0.254. The summed E-state index contributed by atoms with van der Waals surface area (Å²) in [6, 6.07) is 27.4. The van der Waals surface area contributed by atoms with Gasteiger partial charge >= 0.3 is 0 Å². The molecule has 7 heteroatoms. The zero-order chi connectivity index (χ0) is 27.0. The number of hydrogen-bond acceptors (Lipinski definition) is 5. The molecule has 0 atom stereocenters. The first-order chi connectivity index (χ1) is 19.1. The lowest BCUT2D eigenvalue weighted by Gasteiger charge is -2.26. The van der Waals surface area contributed by atoms with Crippen LogP contribution in [0.15, 0.2) is 95.4 Å². The highest BCUT2D eigenvalue weighted by Gasteiger charge is 2.22. The summed E-state index contributed by atoms with van der Waals surface area (Å²) in [5.41, 5.74) is 2.37. The normalized spacial score (nSPS) is 14.1. The summed E-state index contributed by atoms with van der Waals surface area (Å²) in [4.78, 5) is 33.9. The van der Waals surface area contributed by atoms with E-state index in [0.29, 0.717) is 24.6 Å². The molecule has 196 valence electrons. The average molecular weight is 518 g/mol. The molecule has 1 amide bonds. The molecule has 2 heterocycles. The van der Waals surface area contributed by atoms with Gasteiger partial charge in [0.15, 0.2) is 0 Å². The molecule has 39 heavy (non-hydrogen) atoms. The molecule has 7 nitrogen and oxygen atoms in total. The van der Waals surface area contributed by atoms with Crippen molar-refractivity contribution in [3.05, 3.63) is 118 Å². The van der Waals surface area contributed by atoms with E-state index in [9.17, 15) is 14.9 Å². The summed E-state index contributed by atoms with van der Waals surface area (Å²) < 4.78 is 1.45. The largest absolute Gasteiger partial charge is 0.349 e. The molecule has 0 radical (unpaired) electrons. The Balaban J connectivity index is 1.62. The third-order valence-corrected chi connectivity index (χ3v) is 7.08. The van der Waals surface area contributed by atoms with Crippen molar-refractivity contribution in [1.82, 2.24) is 14.7 Å². The standard InChI is InChI=1S/C32H31N5O2/c33-21-26(31(38)34-27-16-8-3-9-17-27)20-28-30(35-29-18-10-11-19-37(29)32(28)39)36(22-24-12-4-1-5-13-24)23-25-14-6-2-7-15-25/h1-2,4-7,10-15,18-20,27H,3,8-9,16-17,22-23H2,(H,34,38)/b26-20+. The van der Waals surface area contributed by atoms with Crippen LogP contribution in [0.25, 0.3) is 11.7 Å². The van der Waals surface area contributed by atoms with Gasteiger partial charge in [0.05, 0.1) is 5.56 Å². The van der Waals surface area contributed by atoms with E-state index in [4.69, 9.17) is 4.98 Å². The molecule has 1 aliphatic carbocycles. The van der Waals surface area contributed by atoms with Crippen LogP contribution in [0.3, 0.4) is 0 Å². The third-order valence-electron chi connectivity index (χ3n) is 7.08. The second kappa shape index (κ2) is 12.2. The molecule has 0 spiro atoms.